The molecule has 4 atom stereocenters. The molecule has 200 valence electrons. The number of hydrogen-bond donors (Lipinski definition) is 1. The van der Waals surface area contributed by atoms with Gasteiger partial charge < -0.3 is 19.9 Å². The highest BCUT2D eigenvalue weighted by atomic mass is 16.5. The first kappa shape index (κ1) is 27.1. The number of amides is 2. The second-order valence-electron chi connectivity index (χ2n) is 11.5. The van der Waals surface area contributed by atoms with Crippen molar-refractivity contribution < 1.29 is 19.1 Å². The van der Waals surface area contributed by atoms with Crippen molar-refractivity contribution in [2.45, 2.75) is 77.1 Å². The average Bonchev–Trinajstić information content (AvgIpc) is 3.43. The van der Waals surface area contributed by atoms with Crippen LogP contribution in [0.1, 0.15) is 68.8 Å². The van der Waals surface area contributed by atoms with Crippen molar-refractivity contribution in [1.29, 1.82) is 0 Å². The van der Waals surface area contributed by atoms with Crippen LogP contribution < -0.4 is 5.32 Å². The molecule has 1 N–H and O–H groups in total. The van der Waals surface area contributed by atoms with Crippen molar-refractivity contribution in [1.82, 2.24) is 15.1 Å². The van der Waals surface area contributed by atoms with E-state index in [-0.39, 0.29) is 30.7 Å². The van der Waals surface area contributed by atoms with Crippen molar-refractivity contribution >= 4 is 17.6 Å². The van der Waals surface area contributed by atoms with Crippen LogP contribution in [-0.4, -0.2) is 84.4 Å². The lowest BCUT2D eigenvalue weighted by Crippen LogP contribution is -2.57. The van der Waals surface area contributed by atoms with Crippen molar-refractivity contribution in [3.05, 3.63) is 45.8 Å². The molecule has 10 heteroatoms. The molecule has 0 aromatic heterocycles. The van der Waals surface area contributed by atoms with E-state index in [4.69, 9.17) is 10.3 Å². The van der Waals surface area contributed by atoms with Crippen LogP contribution in [0.2, 0.25) is 0 Å². The quantitative estimate of drug-likeness (QED) is 0.342. The van der Waals surface area contributed by atoms with E-state index in [0.717, 1.165) is 32.5 Å². The highest BCUT2D eigenvalue weighted by molar-refractivity contribution is 5.99. The van der Waals surface area contributed by atoms with Gasteiger partial charge in [-0.15, -0.1) is 0 Å². The fourth-order valence-electron chi connectivity index (χ4n) is 5.77. The Morgan fingerprint density at radius 3 is 2.49 bits per heavy atom. The van der Waals surface area contributed by atoms with Gasteiger partial charge in [0.05, 0.1) is 12.1 Å². The van der Waals surface area contributed by atoms with E-state index >= 15 is 0 Å². The molecular formula is C27H38N6O4. The number of piperidine rings is 1. The van der Waals surface area contributed by atoms with Gasteiger partial charge in [0, 0.05) is 17.0 Å². The van der Waals surface area contributed by atoms with Gasteiger partial charge in [-0.2, -0.15) is 0 Å². The fourth-order valence-corrected chi connectivity index (χ4v) is 5.77. The Hall–Kier alpha value is -2.94. The fraction of sp³-hybridized carbons (Fsp3) is 0.667. The maximum absolute atomic E-state index is 13.7. The van der Waals surface area contributed by atoms with Crippen LogP contribution in [0.3, 0.4) is 0 Å². The minimum absolute atomic E-state index is 0.0815. The number of benzene rings is 1. The van der Waals surface area contributed by atoms with Crippen molar-refractivity contribution in [2.24, 2.45) is 10.5 Å². The molecular weight excluding hydrogens is 472 g/mol. The highest BCUT2D eigenvalue weighted by Gasteiger charge is 2.53. The van der Waals surface area contributed by atoms with E-state index in [9.17, 15) is 14.4 Å². The van der Waals surface area contributed by atoms with E-state index in [2.05, 4.69) is 27.2 Å². The number of azide groups is 1. The number of Topliss-reactive ketones (excluding diaryl/α,β-unsaturated/α-hetero) is 1. The lowest BCUT2D eigenvalue weighted by molar-refractivity contribution is -0.140. The summed E-state index contributed by atoms with van der Waals surface area (Å²) in [6.45, 7) is 11.1. The predicted molar refractivity (Wildman–Crippen MR) is 139 cm³/mol. The molecule has 4 rings (SSSR count). The monoisotopic (exact) mass is 510 g/mol. The Morgan fingerprint density at radius 2 is 1.89 bits per heavy atom. The minimum Gasteiger partial charge on any atom is -0.367 e. The molecule has 37 heavy (non-hydrogen) atoms. The summed E-state index contributed by atoms with van der Waals surface area (Å²) < 4.78 is 5.53. The normalized spacial score (nSPS) is 25.5. The molecule has 0 saturated carbocycles. The summed E-state index contributed by atoms with van der Waals surface area (Å²) in [5.74, 6) is -0.439. The van der Waals surface area contributed by atoms with E-state index in [0.29, 0.717) is 11.5 Å². The van der Waals surface area contributed by atoms with Crippen LogP contribution in [0.25, 0.3) is 10.4 Å². The van der Waals surface area contributed by atoms with Gasteiger partial charge in [0.1, 0.15) is 18.7 Å². The largest absolute Gasteiger partial charge is 0.367 e. The highest BCUT2D eigenvalue weighted by Crippen LogP contribution is 2.33. The number of carbonyl (C=O) groups excluding carboxylic acids is 3. The zero-order valence-corrected chi connectivity index (χ0v) is 22.2. The smallest absolute Gasteiger partial charge is 0.251 e. The van der Waals surface area contributed by atoms with Gasteiger partial charge in [0.2, 0.25) is 5.91 Å². The maximum Gasteiger partial charge on any atom is 0.251 e. The minimum atomic E-state index is -0.874. The Bertz CT molecular complexity index is 1050. The zero-order chi connectivity index (χ0) is 26.7. The predicted octanol–water partition coefficient (Wildman–Crippen LogP) is 3.28. The molecule has 3 saturated heterocycles. The summed E-state index contributed by atoms with van der Waals surface area (Å²) >= 11 is 0. The number of ether oxygens (including phenoxy) is 1. The van der Waals surface area contributed by atoms with Gasteiger partial charge in [0.15, 0.2) is 5.78 Å². The van der Waals surface area contributed by atoms with Crippen molar-refractivity contribution in [3.63, 3.8) is 0 Å². The molecule has 0 aliphatic carbocycles. The van der Waals surface area contributed by atoms with Gasteiger partial charge >= 0.3 is 0 Å². The molecule has 3 fully saturated rings. The van der Waals surface area contributed by atoms with Crippen LogP contribution >= 0.6 is 0 Å². The third-order valence-corrected chi connectivity index (χ3v) is 7.80. The van der Waals surface area contributed by atoms with Gasteiger partial charge in [-0.3, -0.25) is 14.4 Å². The van der Waals surface area contributed by atoms with Gasteiger partial charge in [0.25, 0.3) is 5.91 Å². The van der Waals surface area contributed by atoms with E-state index in [1.54, 1.807) is 0 Å². The summed E-state index contributed by atoms with van der Waals surface area (Å²) in [5.41, 5.74) is 10.0. The number of ketones is 1. The molecule has 3 aliphatic rings. The molecule has 3 heterocycles. The molecule has 3 aliphatic heterocycles. The third-order valence-electron chi connectivity index (χ3n) is 7.80. The summed E-state index contributed by atoms with van der Waals surface area (Å²) in [4.78, 5) is 46.2. The first-order chi connectivity index (χ1) is 17.6. The zero-order valence-electron chi connectivity index (χ0n) is 22.2. The SMILES string of the molecule is CCCN1CCC(c2ccc(C(=O)N[C@H](C(=O)N3C[C@@H](N=[N+]=[N-])[C@H]4OCC(=O)[C@H]43)C(C)(C)C)cc2)CC1. The standard InChI is InChI=1S/C27H38N6O4/c1-5-12-32-13-10-18(11-14-32)17-6-8-19(9-7-17)25(35)29-24(27(2,3)4)26(36)33-15-20(30-31-28)23-22(33)21(34)16-37-23/h6-9,18,20,22-24H,5,10-16H2,1-4H3,(H,29,35)/t20-,22-,23-,24-/m1/s1. The number of carbonyl (C=O) groups is 3. The molecule has 10 nitrogen and oxygen atoms in total. The maximum atomic E-state index is 13.7. The van der Waals surface area contributed by atoms with E-state index in [1.807, 2.05) is 45.0 Å². The van der Waals surface area contributed by atoms with Crippen LogP contribution in [-0.2, 0) is 14.3 Å². The number of nitrogens with one attached hydrogen (secondary N) is 1. The van der Waals surface area contributed by atoms with Crippen LogP contribution in [0.15, 0.2) is 29.4 Å². The second kappa shape index (κ2) is 11.2. The molecule has 1 aromatic rings. The number of likely N-dealkylation sites (tertiary alicyclic amines) is 2. The topological polar surface area (TPSA) is 128 Å². The van der Waals surface area contributed by atoms with Gasteiger partial charge in [-0.25, -0.2) is 0 Å². The van der Waals surface area contributed by atoms with Gasteiger partial charge in [-0.05, 0) is 73.5 Å². The molecule has 0 unspecified atom stereocenters. The van der Waals surface area contributed by atoms with Crippen molar-refractivity contribution in [2.75, 3.05) is 32.8 Å². The number of nitrogens with zero attached hydrogens (tertiary/aromatic N) is 5. The third kappa shape index (κ3) is 5.81. The second-order valence-corrected chi connectivity index (χ2v) is 11.5. The van der Waals surface area contributed by atoms with Crippen molar-refractivity contribution in [3.8, 4) is 0 Å². The Kier molecular flexibility index (Phi) is 8.21. The molecule has 0 spiro atoms. The summed E-state index contributed by atoms with van der Waals surface area (Å²) in [6, 6.07) is 5.38. The lowest BCUT2D eigenvalue weighted by atomic mass is 9.85. The van der Waals surface area contributed by atoms with E-state index in [1.165, 1.54) is 16.9 Å². The van der Waals surface area contributed by atoms with Crippen LogP contribution in [0, 0.1) is 5.41 Å². The Labute approximate surface area is 218 Å². The molecule has 2 amide bonds. The number of fused-ring (bicyclic) bond motifs is 1. The molecule has 0 bridgehead atoms. The van der Waals surface area contributed by atoms with Crippen LogP contribution in [0.5, 0.6) is 0 Å². The van der Waals surface area contributed by atoms with E-state index < -0.39 is 29.6 Å². The van der Waals surface area contributed by atoms with Gasteiger partial charge in [-0.1, -0.05) is 44.9 Å². The first-order valence-electron chi connectivity index (χ1n) is 13.3. The summed E-state index contributed by atoms with van der Waals surface area (Å²) in [6.07, 6.45) is 2.75. The first-order valence-corrected chi connectivity index (χ1v) is 13.3. The number of rotatable bonds is 7. The Balaban J connectivity index is 1.45. The summed E-state index contributed by atoms with van der Waals surface area (Å²) in [7, 11) is 0. The van der Waals surface area contributed by atoms with Crippen LogP contribution in [0.4, 0.5) is 0 Å². The Morgan fingerprint density at radius 1 is 1.22 bits per heavy atom. The summed E-state index contributed by atoms with van der Waals surface area (Å²) in [5, 5.41) is 6.66. The average molecular weight is 511 g/mol. The lowest BCUT2D eigenvalue weighted by Gasteiger charge is -2.35. The number of hydrogen-bond acceptors (Lipinski definition) is 6. The molecule has 1 aromatic carbocycles. The molecule has 0 radical (unpaired) electrons.